The number of pyridine rings is 1. The van der Waals surface area contributed by atoms with Gasteiger partial charge in [0, 0.05) is 12.1 Å². The van der Waals surface area contributed by atoms with Gasteiger partial charge in [0.1, 0.15) is 0 Å². The minimum Gasteiger partial charge on any atom is -0.492 e. The number of hydrogen-bond acceptors (Lipinski definition) is 8. The van der Waals surface area contributed by atoms with Crippen molar-refractivity contribution in [3.05, 3.63) is 33.5 Å². The number of rotatable bonds is 6. The molecule has 2 rings (SSSR count). The first-order chi connectivity index (χ1) is 11.1. The highest BCUT2D eigenvalue weighted by atomic mass is 16.7. The highest BCUT2D eigenvalue weighted by molar-refractivity contribution is 5.87. The number of nitro groups is 1. The molecule has 0 unspecified atom stereocenters. The summed E-state index contributed by atoms with van der Waals surface area (Å²) in [5.41, 5.74) is 0.298. The van der Waals surface area contributed by atoms with Crippen LogP contribution >= 0.6 is 0 Å². The average molecular weight is 324 g/mol. The van der Waals surface area contributed by atoms with Gasteiger partial charge in [-0.05, 0) is 22.9 Å². The first kappa shape index (κ1) is 16.8. The molecule has 0 N–H and O–H groups in total. The molecule has 23 heavy (non-hydrogen) atoms. The number of aromatic nitrogens is 1. The van der Waals surface area contributed by atoms with Crippen LogP contribution in [-0.2, 0) is 19.0 Å². The van der Waals surface area contributed by atoms with Crippen LogP contribution in [-0.4, -0.2) is 42.8 Å². The molecule has 124 valence electrons. The van der Waals surface area contributed by atoms with Gasteiger partial charge in [0.2, 0.25) is 6.29 Å². The number of ether oxygens (including phenoxy) is 4. The maximum atomic E-state index is 11.4. The van der Waals surface area contributed by atoms with Crippen molar-refractivity contribution in [3.8, 4) is 5.75 Å². The lowest BCUT2D eigenvalue weighted by Crippen LogP contribution is -2.08. The van der Waals surface area contributed by atoms with E-state index in [-0.39, 0.29) is 23.6 Å². The van der Waals surface area contributed by atoms with E-state index in [1.807, 2.05) is 0 Å². The fourth-order valence-electron chi connectivity index (χ4n) is 1.98. The van der Waals surface area contributed by atoms with Gasteiger partial charge in [0.05, 0.1) is 32.5 Å². The van der Waals surface area contributed by atoms with E-state index < -0.39 is 23.0 Å². The van der Waals surface area contributed by atoms with Crippen molar-refractivity contribution in [2.24, 2.45) is 0 Å². The molecule has 0 aliphatic carbocycles. The summed E-state index contributed by atoms with van der Waals surface area (Å²) in [6.45, 7) is 2.61. The molecule has 0 saturated carbocycles. The lowest BCUT2D eigenvalue weighted by atomic mass is 10.2. The maximum Gasteiger partial charge on any atom is 0.371 e. The Bertz CT molecular complexity index is 624. The summed E-state index contributed by atoms with van der Waals surface area (Å²) in [5.74, 6) is -0.765. The van der Waals surface area contributed by atoms with Gasteiger partial charge in [-0.25, -0.2) is 4.79 Å². The Morgan fingerprint density at radius 3 is 2.78 bits per heavy atom. The number of carbonyl (C=O) groups is 1. The molecule has 9 heteroatoms. The molecular formula is C14H16N2O7. The molecule has 0 radical (unpaired) electrons. The summed E-state index contributed by atoms with van der Waals surface area (Å²) in [6, 6.07) is 1.40. The van der Waals surface area contributed by atoms with Gasteiger partial charge in [-0.3, -0.25) is 0 Å². The molecule has 1 aliphatic heterocycles. The van der Waals surface area contributed by atoms with Crippen molar-refractivity contribution < 1.29 is 28.7 Å². The molecule has 1 saturated heterocycles. The van der Waals surface area contributed by atoms with E-state index in [4.69, 9.17) is 18.9 Å². The third-order valence-corrected chi connectivity index (χ3v) is 2.95. The summed E-state index contributed by atoms with van der Waals surface area (Å²) in [5, 5.41) is 11.2. The number of carbonyl (C=O) groups excluding carboxylic acids is 1. The number of nitrogens with zero attached hydrogens (tertiary/aromatic N) is 2. The van der Waals surface area contributed by atoms with E-state index in [9.17, 15) is 14.9 Å². The van der Waals surface area contributed by atoms with Gasteiger partial charge >= 0.3 is 11.8 Å². The van der Waals surface area contributed by atoms with Crippen LogP contribution < -0.4 is 4.74 Å². The predicted octanol–water partition coefficient (Wildman–Crippen LogP) is 1.62. The van der Waals surface area contributed by atoms with Gasteiger partial charge in [0.25, 0.3) is 5.69 Å². The van der Waals surface area contributed by atoms with Crippen molar-refractivity contribution in [2.75, 3.05) is 26.9 Å². The molecule has 1 fully saturated rings. The Balaban J connectivity index is 2.41. The zero-order valence-corrected chi connectivity index (χ0v) is 12.7. The Morgan fingerprint density at radius 2 is 2.22 bits per heavy atom. The minimum atomic E-state index is -0.813. The Morgan fingerprint density at radius 1 is 1.52 bits per heavy atom. The van der Waals surface area contributed by atoms with Crippen LogP contribution in [0.2, 0.25) is 0 Å². The summed E-state index contributed by atoms with van der Waals surface area (Å²) in [6.07, 6.45) is 1.53. The Hall–Kier alpha value is -2.52. The van der Waals surface area contributed by atoms with Crippen LogP contribution in [0.25, 0.3) is 6.08 Å². The number of methoxy groups -OCH3 is 1. The van der Waals surface area contributed by atoms with E-state index in [0.29, 0.717) is 13.2 Å². The first-order valence-electron chi connectivity index (χ1n) is 6.88. The van der Waals surface area contributed by atoms with E-state index in [0.717, 1.165) is 6.08 Å². The predicted molar refractivity (Wildman–Crippen MR) is 77.8 cm³/mol. The largest absolute Gasteiger partial charge is 0.492 e. The minimum absolute atomic E-state index is 0.113. The summed E-state index contributed by atoms with van der Waals surface area (Å²) in [4.78, 5) is 25.9. The van der Waals surface area contributed by atoms with Crippen LogP contribution in [0.1, 0.15) is 24.5 Å². The molecule has 9 nitrogen and oxygen atoms in total. The van der Waals surface area contributed by atoms with Crippen LogP contribution in [0.5, 0.6) is 5.75 Å². The fourth-order valence-corrected chi connectivity index (χ4v) is 1.98. The second-order valence-electron chi connectivity index (χ2n) is 4.40. The van der Waals surface area contributed by atoms with E-state index in [2.05, 4.69) is 4.98 Å². The molecule has 0 bridgehead atoms. The van der Waals surface area contributed by atoms with Crippen molar-refractivity contribution >= 4 is 17.9 Å². The highest BCUT2D eigenvalue weighted by Gasteiger charge is 2.31. The zero-order chi connectivity index (χ0) is 16.8. The molecular weight excluding hydrogens is 308 g/mol. The Labute approximate surface area is 132 Å². The lowest BCUT2D eigenvalue weighted by molar-refractivity contribution is -0.390. The zero-order valence-electron chi connectivity index (χ0n) is 12.7. The summed E-state index contributed by atoms with van der Waals surface area (Å²) >= 11 is 0. The van der Waals surface area contributed by atoms with Crippen LogP contribution in [0.3, 0.4) is 0 Å². The molecule has 2 heterocycles. The maximum absolute atomic E-state index is 11.4. The van der Waals surface area contributed by atoms with E-state index >= 15 is 0 Å². The second kappa shape index (κ2) is 7.65. The van der Waals surface area contributed by atoms with Crippen LogP contribution in [0.4, 0.5) is 5.82 Å². The van der Waals surface area contributed by atoms with Crippen LogP contribution in [0, 0.1) is 10.1 Å². The quantitative estimate of drug-likeness (QED) is 0.336. The second-order valence-corrected chi connectivity index (χ2v) is 4.40. The topological polar surface area (TPSA) is 110 Å². The van der Waals surface area contributed by atoms with E-state index in [1.165, 1.54) is 19.3 Å². The molecule has 0 spiro atoms. The smallest absolute Gasteiger partial charge is 0.371 e. The molecule has 1 aliphatic rings. The van der Waals surface area contributed by atoms with E-state index in [1.54, 1.807) is 6.92 Å². The van der Waals surface area contributed by atoms with Crippen molar-refractivity contribution in [1.29, 1.82) is 0 Å². The van der Waals surface area contributed by atoms with Gasteiger partial charge in [-0.2, -0.15) is 0 Å². The fraction of sp³-hybridized carbons (Fsp3) is 0.429. The SMILES string of the molecule is CCOC(=O)/C=C/c1cc(OC)c(C2OCCO2)nc1[N+](=O)[O-]. The molecule has 0 atom stereocenters. The van der Waals surface area contributed by atoms with Crippen molar-refractivity contribution in [2.45, 2.75) is 13.2 Å². The van der Waals surface area contributed by atoms with Crippen LogP contribution in [0.15, 0.2) is 12.1 Å². The molecule has 0 amide bonds. The monoisotopic (exact) mass is 324 g/mol. The van der Waals surface area contributed by atoms with Gasteiger partial charge < -0.3 is 29.1 Å². The third kappa shape index (κ3) is 4.02. The Kier molecular flexibility index (Phi) is 5.61. The number of hydrogen-bond donors (Lipinski definition) is 0. The van der Waals surface area contributed by atoms with Gasteiger partial charge in [-0.1, -0.05) is 0 Å². The third-order valence-electron chi connectivity index (χ3n) is 2.95. The average Bonchev–Trinajstić information content (AvgIpc) is 3.06. The van der Waals surface area contributed by atoms with Crippen molar-refractivity contribution in [1.82, 2.24) is 4.98 Å². The normalized spacial score (nSPS) is 15.0. The van der Waals surface area contributed by atoms with Gasteiger partial charge in [0.15, 0.2) is 5.75 Å². The lowest BCUT2D eigenvalue weighted by Gasteiger charge is -2.10. The number of esters is 1. The summed E-state index contributed by atoms with van der Waals surface area (Å²) < 4.78 is 20.5. The van der Waals surface area contributed by atoms with Gasteiger partial charge in [-0.15, -0.1) is 0 Å². The molecule has 1 aromatic heterocycles. The first-order valence-corrected chi connectivity index (χ1v) is 6.88. The molecule has 0 aromatic carbocycles. The standard InChI is InChI=1S/C14H16N2O7/c1-3-21-11(17)5-4-9-8-10(20-2)12(14-22-6-7-23-14)15-13(9)16(18)19/h4-5,8,14H,3,6-7H2,1-2H3/b5-4+. The molecule has 1 aromatic rings. The highest BCUT2D eigenvalue weighted by Crippen LogP contribution is 2.33. The van der Waals surface area contributed by atoms with Crippen molar-refractivity contribution in [3.63, 3.8) is 0 Å². The summed E-state index contributed by atoms with van der Waals surface area (Å²) in [7, 11) is 1.40.